The van der Waals surface area contributed by atoms with Gasteiger partial charge in [0, 0.05) is 11.5 Å². The molecule has 110 valence electrons. The van der Waals surface area contributed by atoms with Crippen LogP contribution in [-0.2, 0) is 0 Å². The smallest absolute Gasteiger partial charge is 0.183 e. The standard InChI is InChI=1S/C16H20N4S/c1-3-8-13(9-4-2)15-19-20-14(17-18-16(20)21-15)12-10-6-5-7-11-12/h5-7,10-11,13H,3-4,8-9H2,1-2H3. The van der Waals surface area contributed by atoms with Crippen LogP contribution in [0.2, 0.25) is 0 Å². The molecule has 5 heteroatoms. The lowest BCUT2D eigenvalue weighted by Gasteiger charge is -2.10. The van der Waals surface area contributed by atoms with E-state index in [2.05, 4.69) is 24.0 Å². The summed E-state index contributed by atoms with van der Waals surface area (Å²) in [7, 11) is 0. The van der Waals surface area contributed by atoms with E-state index in [0.29, 0.717) is 5.92 Å². The molecule has 0 radical (unpaired) electrons. The molecule has 0 saturated carbocycles. The second kappa shape index (κ2) is 6.35. The first-order valence-corrected chi connectivity index (χ1v) is 8.42. The summed E-state index contributed by atoms with van der Waals surface area (Å²) in [6.07, 6.45) is 4.77. The minimum Gasteiger partial charge on any atom is -0.183 e. The van der Waals surface area contributed by atoms with Crippen LogP contribution in [0.4, 0.5) is 0 Å². The second-order valence-corrected chi connectivity index (χ2v) is 6.29. The first kappa shape index (κ1) is 14.2. The molecule has 2 aromatic heterocycles. The first-order chi connectivity index (χ1) is 10.3. The topological polar surface area (TPSA) is 43.1 Å². The number of fused-ring (bicyclic) bond motifs is 1. The highest BCUT2D eigenvalue weighted by molar-refractivity contribution is 7.16. The maximum Gasteiger partial charge on any atom is 0.234 e. The van der Waals surface area contributed by atoms with Gasteiger partial charge in [-0.25, -0.2) is 0 Å². The van der Waals surface area contributed by atoms with E-state index in [1.54, 1.807) is 11.3 Å². The highest BCUT2D eigenvalue weighted by Crippen LogP contribution is 2.31. The molecule has 0 amide bonds. The van der Waals surface area contributed by atoms with Gasteiger partial charge in [0.15, 0.2) is 5.82 Å². The summed E-state index contributed by atoms with van der Waals surface area (Å²) in [5.74, 6) is 1.38. The molecule has 0 aliphatic heterocycles. The minimum absolute atomic E-state index is 0.551. The Morgan fingerprint density at radius 3 is 2.43 bits per heavy atom. The normalized spacial score (nSPS) is 11.6. The fourth-order valence-corrected chi connectivity index (χ4v) is 3.66. The minimum atomic E-state index is 0.551. The Balaban J connectivity index is 1.99. The zero-order valence-electron chi connectivity index (χ0n) is 12.5. The zero-order valence-corrected chi connectivity index (χ0v) is 13.3. The monoisotopic (exact) mass is 300 g/mol. The van der Waals surface area contributed by atoms with Crippen molar-refractivity contribution in [1.29, 1.82) is 0 Å². The van der Waals surface area contributed by atoms with Crippen molar-refractivity contribution >= 4 is 16.3 Å². The molecular formula is C16H20N4S. The van der Waals surface area contributed by atoms with Gasteiger partial charge in [0.2, 0.25) is 4.96 Å². The van der Waals surface area contributed by atoms with Crippen molar-refractivity contribution in [2.45, 2.75) is 45.4 Å². The Hall–Kier alpha value is -1.75. The Morgan fingerprint density at radius 1 is 1.05 bits per heavy atom. The van der Waals surface area contributed by atoms with Crippen molar-refractivity contribution in [1.82, 2.24) is 19.8 Å². The van der Waals surface area contributed by atoms with E-state index in [-0.39, 0.29) is 0 Å². The fraction of sp³-hybridized carbons (Fsp3) is 0.438. The van der Waals surface area contributed by atoms with Crippen molar-refractivity contribution in [3.05, 3.63) is 35.3 Å². The molecule has 21 heavy (non-hydrogen) atoms. The molecule has 1 aromatic carbocycles. The molecule has 0 unspecified atom stereocenters. The van der Waals surface area contributed by atoms with E-state index < -0.39 is 0 Å². The summed E-state index contributed by atoms with van der Waals surface area (Å²) < 4.78 is 1.90. The van der Waals surface area contributed by atoms with Crippen molar-refractivity contribution in [2.24, 2.45) is 0 Å². The maximum atomic E-state index is 4.80. The molecule has 3 aromatic rings. The molecule has 0 saturated heterocycles. The van der Waals surface area contributed by atoms with Gasteiger partial charge in [-0.3, -0.25) is 0 Å². The third-order valence-electron chi connectivity index (χ3n) is 3.66. The van der Waals surface area contributed by atoms with Crippen molar-refractivity contribution < 1.29 is 0 Å². The van der Waals surface area contributed by atoms with E-state index >= 15 is 0 Å². The van der Waals surface area contributed by atoms with Gasteiger partial charge in [-0.05, 0) is 12.8 Å². The van der Waals surface area contributed by atoms with Gasteiger partial charge in [-0.2, -0.15) is 9.61 Å². The molecule has 0 aliphatic carbocycles. The van der Waals surface area contributed by atoms with Crippen LogP contribution in [0, 0.1) is 0 Å². The molecule has 0 aliphatic rings. The van der Waals surface area contributed by atoms with Crippen LogP contribution in [0.5, 0.6) is 0 Å². The third-order valence-corrected chi connectivity index (χ3v) is 4.72. The lowest BCUT2D eigenvalue weighted by Crippen LogP contribution is -2.00. The van der Waals surface area contributed by atoms with Gasteiger partial charge in [0.1, 0.15) is 5.01 Å². The molecular weight excluding hydrogens is 280 g/mol. The van der Waals surface area contributed by atoms with Crippen LogP contribution in [-0.4, -0.2) is 19.8 Å². The molecule has 2 heterocycles. The zero-order chi connectivity index (χ0) is 14.7. The second-order valence-electron chi connectivity index (χ2n) is 5.30. The van der Waals surface area contributed by atoms with Gasteiger partial charge in [-0.1, -0.05) is 68.4 Å². The summed E-state index contributed by atoms with van der Waals surface area (Å²) >= 11 is 1.68. The number of nitrogens with zero attached hydrogens (tertiary/aromatic N) is 4. The summed E-state index contributed by atoms with van der Waals surface area (Å²) in [6.45, 7) is 4.47. The summed E-state index contributed by atoms with van der Waals surface area (Å²) in [6, 6.07) is 10.1. The van der Waals surface area contributed by atoms with Crippen molar-refractivity contribution in [2.75, 3.05) is 0 Å². The van der Waals surface area contributed by atoms with Crippen LogP contribution >= 0.6 is 11.3 Å². The van der Waals surface area contributed by atoms with E-state index in [9.17, 15) is 0 Å². The summed E-state index contributed by atoms with van der Waals surface area (Å²) in [4.78, 5) is 0.890. The summed E-state index contributed by atoms with van der Waals surface area (Å²) in [5.41, 5.74) is 1.06. The van der Waals surface area contributed by atoms with Gasteiger partial charge < -0.3 is 0 Å². The predicted octanol–water partition coefficient (Wildman–Crippen LogP) is 4.54. The van der Waals surface area contributed by atoms with E-state index in [1.165, 1.54) is 30.7 Å². The van der Waals surface area contributed by atoms with Gasteiger partial charge >= 0.3 is 0 Å². The van der Waals surface area contributed by atoms with E-state index in [0.717, 1.165) is 16.3 Å². The number of benzene rings is 1. The third kappa shape index (κ3) is 2.83. The Morgan fingerprint density at radius 2 is 1.76 bits per heavy atom. The number of rotatable bonds is 6. The first-order valence-electron chi connectivity index (χ1n) is 7.61. The van der Waals surface area contributed by atoms with Crippen LogP contribution in [0.15, 0.2) is 30.3 Å². The lowest BCUT2D eigenvalue weighted by molar-refractivity contribution is 0.552. The highest BCUT2D eigenvalue weighted by atomic mass is 32.1. The molecule has 0 atom stereocenters. The number of hydrogen-bond acceptors (Lipinski definition) is 4. The Kier molecular flexibility index (Phi) is 4.29. The van der Waals surface area contributed by atoms with Gasteiger partial charge in [-0.15, -0.1) is 10.2 Å². The Labute approximate surface area is 128 Å². The quantitative estimate of drug-likeness (QED) is 0.671. The SMILES string of the molecule is CCCC(CCC)c1nn2c(-c3ccccc3)nnc2s1. The van der Waals surface area contributed by atoms with E-state index in [1.807, 2.05) is 34.8 Å². The largest absolute Gasteiger partial charge is 0.234 e. The molecule has 3 rings (SSSR count). The molecule has 0 N–H and O–H groups in total. The molecule has 0 spiro atoms. The van der Waals surface area contributed by atoms with Crippen LogP contribution in [0.1, 0.15) is 50.5 Å². The molecule has 4 nitrogen and oxygen atoms in total. The van der Waals surface area contributed by atoms with Crippen molar-refractivity contribution in [3.63, 3.8) is 0 Å². The van der Waals surface area contributed by atoms with Gasteiger partial charge in [0.05, 0.1) is 0 Å². The molecule has 0 fully saturated rings. The van der Waals surface area contributed by atoms with Crippen LogP contribution < -0.4 is 0 Å². The number of aromatic nitrogens is 4. The lowest BCUT2D eigenvalue weighted by atomic mass is 9.99. The average molecular weight is 300 g/mol. The summed E-state index contributed by atoms with van der Waals surface area (Å²) in [5, 5.41) is 14.6. The van der Waals surface area contributed by atoms with Crippen LogP contribution in [0.3, 0.4) is 0 Å². The fourth-order valence-electron chi connectivity index (χ4n) is 2.65. The van der Waals surface area contributed by atoms with Gasteiger partial charge in [0.25, 0.3) is 0 Å². The van der Waals surface area contributed by atoms with Crippen LogP contribution in [0.25, 0.3) is 16.3 Å². The van der Waals surface area contributed by atoms with E-state index in [4.69, 9.17) is 5.10 Å². The highest BCUT2D eigenvalue weighted by Gasteiger charge is 2.18. The number of hydrogen-bond donors (Lipinski definition) is 0. The predicted molar refractivity (Wildman–Crippen MR) is 86.7 cm³/mol. The molecule has 0 bridgehead atoms. The maximum absolute atomic E-state index is 4.80. The Bertz CT molecular complexity index is 695. The van der Waals surface area contributed by atoms with Crippen molar-refractivity contribution in [3.8, 4) is 11.4 Å². The average Bonchev–Trinajstić information content (AvgIpc) is 3.08.